The molecule has 0 radical (unpaired) electrons. The topological polar surface area (TPSA) is 77.2 Å². The maximum Gasteiger partial charge on any atom is 0.277 e. The summed E-state index contributed by atoms with van der Waals surface area (Å²) < 4.78 is 11.1. The maximum absolute atomic E-state index is 12.3. The standard InChI is InChI=1S/C19H18ClN3O3S/c1-12-3-7-15(8-4-12)21-18(24)13(2)27-19-23-22-17(26-19)11-25-16-9-5-14(20)6-10-16/h3-10,13H,11H2,1-2H3,(H,21,24)/t13-/m1/s1. The number of aryl methyl sites for hydroxylation is 1. The van der Waals surface area contributed by atoms with Gasteiger partial charge in [-0.05, 0) is 50.2 Å². The minimum absolute atomic E-state index is 0.138. The van der Waals surface area contributed by atoms with Gasteiger partial charge in [-0.25, -0.2) is 0 Å². The van der Waals surface area contributed by atoms with Gasteiger partial charge in [-0.3, -0.25) is 4.79 Å². The van der Waals surface area contributed by atoms with Crippen LogP contribution in [0.5, 0.6) is 5.75 Å². The minimum atomic E-state index is -0.392. The van der Waals surface area contributed by atoms with Crippen LogP contribution >= 0.6 is 23.4 Å². The molecule has 0 aliphatic heterocycles. The summed E-state index contributed by atoms with van der Waals surface area (Å²) >= 11 is 7.03. The van der Waals surface area contributed by atoms with Crippen molar-refractivity contribution in [3.05, 3.63) is 65.0 Å². The van der Waals surface area contributed by atoms with E-state index in [1.54, 1.807) is 31.2 Å². The van der Waals surface area contributed by atoms with Gasteiger partial charge in [0, 0.05) is 10.7 Å². The summed E-state index contributed by atoms with van der Waals surface area (Å²) in [6.45, 7) is 3.91. The summed E-state index contributed by atoms with van der Waals surface area (Å²) in [6, 6.07) is 14.6. The average molecular weight is 404 g/mol. The van der Waals surface area contributed by atoms with E-state index >= 15 is 0 Å². The molecule has 0 spiro atoms. The number of carbonyl (C=O) groups is 1. The summed E-state index contributed by atoms with van der Waals surface area (Å²) in [5.74, 6) is 0.845. The zero-order valence-corrected chi connectivity index (χ0v) is 16.4. The summed E-state index contributed by atoms with van der Waals surface area (Å²) in [5.41, 5.74) is 1.88. The Morgan fingerprint density at radius 2 is 1.89 bits per heavy atom. The second kappa shape index (κ2) is 8.92. The van der Waals surface area contributed by atoms with E-state index in [1.165, 1.54) is 11.8 Å². The first-order chi connectivity index (χ1) is 13.0. The van der Waals surface area contributed by atoms with Crippen LogP contribution in [0.25, 0.3) is 0 Å². The molecule has 0 fully saturated rings. The van der Waals surface area contributed by atoms with Crippen molar-refractivity contribution in [2.45, 2.75) is 30.9 Å². The molecule has 1 atom stereocenters. The fourth-order valence-corrected chi connectivity index (χ4v) is 2.93. The van der Waals surface area contributed by atoms with Crippen LogP contribution in [0.3, 0.4) is 0 Å². The van der Waals surface area contributed by atoms with Crippen LogP contribution in [0.1, 0.15) is 18.4 Å². The Labute approximate surface area is 166 Å². The summed E-state index contributed by atoms with van der Waals surface area (Å²) in [6.07, 6.45) is 0. The summed E-state index contributed by atoms with van der Waals surface area (Å²) in [4.78, 5) is 12.3. The van der Waals surface area contributed by atoms with Gasteiger partial charge in [0.2, 0.25) is 5.91 Å². The van der Waals surface area contributed by atoms with Crippen LogP contribution in [-0.2, 0) is 11.4 Å². The molecular formula is C19H18ClN3O3S. The lowest BCUT2D eigenvalue weighted by molar-refractivity contribution is -0.115. The van der Waals surface area contributed by atoms with E-state index in [1.807, 2.05) is 31.2 Å². The molecule has 0 unspecified atom stereocenters. The van der Waals surface area contributed by atoms with E-state index < -0.39 is 5.25 Å². The molecule has 1 amide bonds. The lowest BCUT2D eigenvalue weighted by atomic mass is 10.2. The third kappa shape index (κ3) is 5.74. The number of carbonyl (C=O) groups excluding carboxylic acids is 1. The zero-order chi connectivity index (χ0) is 19.2. The van der Waals surface area contributed by atoms with Crippen molar-refractivity contribution in [1.29, 1.82) is 0 Å². The molecule has 2 aromatic carbocycles. The number of benzene rings is 2. The molecule has 1 heterocycles. The number of amides is 1. The lowest BCUT2D eigenvalue weighted by Crippen LogP contribution is -2.22. The predicted octanol–water partition coefficient (Wildman–Crippen LogP) is 4.73. The van der Waals surface area contributed by atoms with Crippen molar-refractivity contribution in [1.82, 2.24) is 10.2 Å². The Morgan fingerprint density at radius 3 is 2.59 bits per heavy atom. The number of thioether (sulfide) groups is 1. The second-order valence-corrected chi connectivity index (χ2v) is 7.55. The van der Waals surface area contributed by atoms with Gasteiger partial charge in [0.15, 0.2) is 6.61 Å². The van der Waals surface area contributed by atoms with Crippen molar-refractivity contribution < 1.29 is 13.9 Å². The molecule has 0 aliphatic rings. The molecule has 0 saturated heterocycles. The molecule has 3 aromatic rings. The van der Waals surface area contributed by atoms with Crippen LogP contribution in [0, 0.1) is 6.92 Å². The molecular weight excluding hydrogens is 386 g/mol. The first-order valence-electron chi connectivity index (χ1n) is 8.24. The number of hydrogen-bond acceptors (Lipinski definition) is 6. The number of anilines is 1. The number of nitrogens with zero attached hydrogens (tertiary/aromatic N) is 2. The molecule has 1 aromatic heterocycles. The summed E-state index contributed by atoms with van der Waals surface area (Å²) in [7, 11) is 0. The largest absolute Gasteiger partial charge is 0.484 e. The fraction of sp³-hybridized carbons (Fsp3) is 0.211. The fourth-order valence-electron chi connectivity index (χ4n) is 2.11. The van der Waals surface area contributed by atoms with Crippen LogP contribution in [0.2, 0.25) is 5.02 Å². The highest BCUT2D eigenvalue weighted by molar-refractivity contribution is 8.00. The van der Waals surface area contributed by atoms with Gasteiger partial charge in [0.1, 0.15) is 5.75 Å². The Morgan fingerprint density at radius 1 is 1.19 bits per heavy atom. The highest BCUT2D eigenvalue weighted by Gasteiger charge is 2.18. The number of halogens is 1. The van der Waals surface area contributed by atoms with E-state index in [4.69, 9.17) is 20.8 Å². The quantitative estimate of drug-likeness (QED) is 0.574. The van der Waals surface area contributed by atoms with Gasteiger partial charge in [0.25, 0.3) is 11.1 Å². The molecule has 1 N–H and O–H groups in total. The Hall–Kier alpha value is -2.51. The first kappa shape index (κ1) is 19.3. The first-order valence-corrected chi connectivity index (χ1v) is 9.50. The van der Waals surface area contributed by atoms with Gasteiger partial charge in [-0.2, -0.15) is 0 Å². The SMILES string of the molecule is Cc1ccc(NC(=O)[C@@H](C)Sc2nnc(COc3ccc(Cl)cc3)o2)cc1. The van der Waals surface area contributed by atoms with Crippen LogP contribution < -0.4 is 10.1 Å². The van der Waals surface area contributed by atoms with E-state index in [9.17, 15) is 4.79 Å². The van der Waals surface area contributed by atoms with Gasteiger partial charge < -0.3 is 14.5 Å². The second-order valence-electron chi connectivity index (χ2n) is 5.82. The predicted molar refractivity (Wildman–Crippen MR) is 105 cm³/mol. The van der Waals surface area contributed by atoms with Crippen LogP contribution in [0.4, 0.5) is 5.69 Å². The Balaban J connectivity index is 1.50. The Bertz CT molecular complexity index is 897. The van der Waals surface area contributed by atoms with Crippen molar-refractivity contribution in [2.75, 3.05) is 5.32 Å². The van der Waals surface area contributed by atoms with Crippen LogP contribution in [0.15, 0.2) is 58.2 Å². The normalized spacial score (nSPS) is 11.8. The highest BCUT2D eigenvalue weighted by atomic mass is 35.5. The number of ether oxygens (including phenoxy) is 1. The van der Waals surface area contributed by atoms with Gasteiger partial charge in [-0.15, -0.1) is 10.2 Å². The summed E-state index contributed by atoms with van der Waals surface area (Å²) in [5, 5.41) is 11.3. The molecule has 3 rings (SSSR count). The average Bonchev–Trinajstić information content (AvgIpc) is 3.10. The number of nitrogens with one attached hydrogen (secondary N) is 1. The molecule has 0 aliphatic carbocycles. The highest BCUT2D eigenvalue weighted by Crippen LogP contribution is 2.24. The van der Waals surface area contributed by atoms with Gasteiger partial charge in [0.05, 0.1) is 5.25 Å². The molecule has 6 nitrogen and oxygen atoms in total. The van der Waals surface area contributed by atoms with Gasteiger partial charge in [-0.1, -0.05) is 41.1 Å². The van der Waals surface area contributed by atoms with E-state index in [2.05, 4.69) is 15.5 Å². The van der Waals surface area contributed by atoms with Crippen LogP contribution in [-0.4, -0.2) is 21.4 Å². The molecule has 27 heavy (non-hydrogen) atoms. The van der Waals surface area contributed by atoms with Crippen molar-refractivity contribution in [3.63, 3.8) is 0 Å². The van der Waals surface area contributed by atoms with E-state index in [0.717, 1.165) is 11.3 Å². The lowest BCUT2D eigenvalue weighted by Gasteiger charge is -2.10. The third-order valence-electron chi connectivity index (χ3n) is 3.59. The Kier molecular flexibility index (Phi) is 6.36. The van der Waals surface area contributed by atoms with Crippen molar-refractivity contribution >= 4 is 35.0 Å². The van der Waals surface area contributed by atoms with Crippen molar-refractivity contribution in [3.8, 4) is 5.75 Å². The molecule has 0 saturated carbocycles. The molecule has 140 valence electrons. The number of aromatic nitrogens is 2. The molecule has 0 bridgehead atoms. The van der Waals surface area contributed by atoms with Crippen molar-refractivity contribution in [2.24, 2.45) is 0 Å². The number of hydrogen-bond donors (Lipinski definition) is 1. The maximum atomic E-state index is 12.3. The van der Waals surface area contributed by atoms with E-state index in [-0.39, 0.29) is 12.5 Å². The third-order valence-corrected chi connectivity index (χ3v) is 4.78. The minimum Gasteiger partial charge on any atom is -0.484 e. The smallest absolute Gasteiger partial charge is 0.277 e. The monoisotopic (exact) mass is 403 g/mol. The van der Waals surface area contributed by atoms with E-state index in [0.29, 0.717) is 21.9 Å². The zero-order valence-electron chi connectivity index (χ0n) is 14.8. The van der Waals surface area contributed by atoms with Gasteiger partial charge >= 0.3 is 0 Å². The molecule has 8 heteroatoms. The number of rotatable bonds is 7.